The third-order valence-corrected chi connectivity index (χ3v) is 3.29. The van der Waals surface area contributed by atoms with Gasteiger partial charge in [0.15, 0.2) is 5.96 Å². The van der Waals surface area contributed by atoms with Crippen LogP contribution >= 0.6 is 0 Å². The molecule has 0 aromatic heterocycles. The second kappa shape index (κ2) is 4.78. The fourth-order valence-corrected chi connectivity index (χ4v) is 2.48. The summed E-state index contributed by atoms with van der Waals surface area (Å²) in [6, 6.07) is 4.31. The van der Waals surface area contributed by atoms with Gasteiger partial charge in [0.05, 0.1) is 5.69 Å². The van der Waals surface area contributed by atoms with E-state index >= 15 is 0 Å². The minimum atomic E-state index is 0.664. The largest absolute Gasteiger partial charge is 0.369 e. The van der Waals surface area contributed by atoms with Crippen molar-refractivity contribution in [2.24, 2.45) is 10.7 Å². The molecule has 0 atom stereocenters. The molecule has 1 aromatic carbocycles. The number of aryl methyl sites for hydroxylation is 3. The zero-order valence-corrected chi connectivity index (χ0v) is 11.0. The zero-order chi connectivity index (χ0) is 12.4. The molecule has 0 amide bonds. The van der Waals surface area contributed by atoms with Gasteiger partial charge in [-0.3, -0.25) is 0 Å². The molecule has 3 nitrogen and oxygen atoms in total. The van der Waals surface area contributed by atoms with Crippen molar-refractivity contribution in [1.29, 1.82) is 0 Å². The standard InChI is InChI=1S/C14H21N3/c1-10-8-11(2)13(12(3)9-10)16-14(15)17-6-4-5-7-17/h8-9H,4-7H2,1-3H3,(H2,15,16). The molecular formula is C14H21N3. The molecule has 1 aliphatic rings. The number of aliphatic imine (C=N–C) groups is 1. The van der Waals surface area contributed by atoms with Gasteiger partial charge in [0.25, 0.3) is 0 Å². The highest BCUT2D eigenvalue weighted by molar-refractivity contribution is 5.82. The Bertz CT molecular complexity index is 420. The molecule has 17 heavy (non-hydrogen) atoms. The van der Waals surface area contributed by atoms with Crippen LogP contribution in [-0.2, 0) is 0 Å². The van der Waals surface area contributed by atoms with E-state index in [-0.39, 0.29) is 0 Å². The first-order valence-corrected chi connectivity index (χ1v) is 6.25. The van der Waals surface area contributed by atoms with E-state index in [0.29, 0.717) is 5.96 Å². The molecule has 0 unspecified atom stereocenters. The molecule has 0 saturated carbocycles. The second-order valence-electron chi connectivity index (χ2n) is 4.91. The monoisotopic (exact) mass is 231 g/mol. The lowest BCUT2D eigenvalue weighted by atomic mass is 10.1. The molecule has 3 heteroatoms. The summed E-state index contributed by atoms with van der Waals surface area (Å²) in [7, 11) is 0. The Morgan fingerprint density at radius 2 is 1.65 bits per heavy atom. The number of likely N-dealkylation sites (tertiary alicyclic amines) is 1. The van der Waals surface area contributed by atoms with Crippen molar-refractivity contribution in [3.05, 3.63) is 28.8 Å². The molecule has 92 valence electrons. The molecule has 2 N–H and O–H groups in total. The van der Waals surface area contributed by atoms with E-state index in [1.54, 1.807) is 0 Å². The molecule has 1 aromatic rings. The van der Waals surface area contributed by atoms with Gasteiger partial charge in [-0.1, -0.05) is 17.7 Å². The summed E-state index contributed by atoms with van der Waals surface area (Å²) in [6.45, 7) is 8.38. The van der Waals surface area contributed by atoms with Crippen molar-refractivity contribution < 1.29 is 0 Å². The minimum Gasteiger partial charge on any atom is -0.369 e. The number of nitrogens with two attached hydrogens (primary N) is 1. The quantitative estimate of drug-likeness (QED) is 0.596. The molecule has 0 radical (unpaired) electrons. The molecule has 1 aliphatic heterocycles. The number of benzene rings is 1. The Kier molecular flexibility index (Phi) is 3.36. The summed E-state index contributed by atoms with van der Waals surface area (Å²) in [4.78, 5) is 6.77. The molecule has 1 heterocycles. The van der Waals surface area contributed by atoms with Crippen molar-refractivity contribution in [2.45, 2.75) is 33.6 Å². The maximum absolute atomic E-state index is 6.06. The zero-order valence-electron chi connectivity index (χ0n) is 11.0. The van der Waals surface area contributed by atoms with Gasteiger partial charge in [0, 0.05) is 13.1 Å². The first kappa shape index (κ1) is 12.0. The molecule has 2 rings (SSSR count). The third kappa shape index (κ3) is 2.60. The fraction of sp³-hybridized carbons (Fsp3) is 0.500. The number of rotatable bonds is 1. The van der Waals surface area contributed by atoms with Gasteiger partial charge in [-0.05, 0) is 44.7 Å². The molecule has 0 aliphatic carbocycles. The molecular weight excluding hydrogens is 210 g/mol. The SMILES string of the molecule is Cc1cc(C)c(N=C(N)N2CCCC2)c(C)c1. The van der Waals surface area contributed by atoms with Crippen LogP contribution in [0.25, 0.3) is 0 Å². The summed E-state index contributed by atoms with van der Waals surface area (Å²) in [5, 5.41) is 0. The number of hydrogen-bond donors (Lipinski definition) is 1. The van der Waals surface area contributed by atoms with Crippen LogP contribution in [0.4, 0.5) is 5.69 Å². The summed E-state index contributed by atoms with van der Waals surface area (Å²) >= 11 is 0. The fourth-order valence-electron chi connectivity index (χ4n) is 2.48. The third-order valence-electron chi connectivity index (χ3n) is 3.29. The summed E-state index contributed by atoms with van der Waals surface area (Å²) in [6.07, 6.45) is 2.45. The van der Waals surface area contributed by atoms with Crippen molar-refractivity contribution in [3.63, 3.8) is 0 Å². The average molecular weight is 231 g/mol. The normalized spacial score (nSPS) is 16.6. The van der Waals surface area contributed by atoms with Crippen molar-refractivity contribution >= 4 is 11.6 Å². The molecule has 1 saturated heterocycles. The molecule has 1 fully saturated rings. The Balaban J connectivity index is 2.31. The average Bonchev–Trinajstić information content (AvgIpc) is 2.76. The lowest BCUT2D eigenvalue weighted by Crippen LogP contribution is -2.34. The lowest BCUT2D eigenvalue weighted by molar-refractivity contribution is 0.513. The first-order valence-electron chi connectivity index (χ1n) is 6.25. The topological polar surface area (TPSA) is 41.6 Å². The van der Waals surface area contributed by atoms with E-state index < -0.39 is 0 Å². The van der Waals surface area contributed by atoms with Crippen LogP contribution < -0.4 is 5.73 Å². The lowest BCUT2D eigenvalue weighted by Gasteiger charge is -2.17. The smallest absolute Gasteiger partial charge is 0.196 e. The molecule has 0 spiro atoms. The van der Waals surface area contributed by atoms with Gasteiger partial charge in [0.1, 0.15) is 0 Å². The van der Waals surface area contributed by atoms with Crippen LogP contribution in [-0.4, -0.2) is 23.9 Å². The summed E-state index contributed by atoms with van der Waals surface area (Å²) in [5.74, 6) is 0.664. The minimum absolute atomic E-state index is 0.664. The van der Waals surface area contributed by atoms with E-state index in [9.17, 15) is 0 Å². The maximum Gasteiger partial charge on any atom is 0.196 e. The Labute approximate surface area is 103 Å². The van der Waals surface area contributed by atoms with Crippen LogP contribution in [0.15, 0.2) is 17.1 Å². The van der Waals surface area contributed by atoms with Crippen molar-refractivity contribution in [1.82, 2.24) is 4.90 Å². The van der Waals surface area contributed by atoms with Crippen molar-refractivity contribution in [2.75, 3.05) is 13.1 Å². The highest BCUT2D eigenvalue weighted by Crippen LogP contribution is 2.25. The predicted molar refractivity (Wildman–Crippen MR) is 72.7 cm³/mol. The Morgan fingerprint density at radius 3 is 2.18 bits per heavy atom. The van der Waals surface area contributed by atoms with Crippen LogP contribution in [0.5, 0.6) is 0 Å². The Morgan fingerprint density at radius 1 is 1.12 bits per heavy atom. The first-order chi connectivity index (χ1) is 8.08. The van der Waals surface area contributed by atoms with E-state index in [0.717, 1.165) is 18.8 Å². The van der Waals surface area contributed by atoms with Crippen molar-refractivity contribution in [3.8, 4) is 0 Å². The Hall–Kier alpha value is -1.51. The number of nitrogens with zero attached hydrogens (tertiary/aromatic N) is 2. The van der Waals surface area contributed by atoms with Gasteiger partial charge in [-0.2, -0.15) is 0 Å². The number of hydrogen-bond acceptors (Lipinski definition) is 1. The van der Waals surface area contributed by atoms with Gasteiger partial charge in [-0.15, -0.1) is 0 Å². The highest BCUT2D eigenvalue weighted by Gasteiger charge is 2.14. The van der Waals surface area contributed by atoms with E-state index in [1.807, 2.05) is 0 Å². The highest BCUT2D eigenvalue weighted by atomic mass is 15.3. The van der Waals surface area contributed by atoms with Gasteiger partial charge >= 0.3 is 0 Å². The summed E-state index contributed by atoms with van der Waals surface area (Å²) < 4.78 is 0. The van der Waals surface area contributed by atoms with Crippen LogP contribution in [0, 0.1) is 20.8 Å². The van der Waals surface area contributed by atoms with Crippen LogP contribution in [0.2, 0.25) is 0 Å². The van der Waals surface area contributed by atoms with E-state index in [1.165, 1.54) is 29.5 Å². The van der Waals surface area contributed by atoms with E-state index in [4.69, 9.17) is 5.73 Å². The maximum atomic E-state index is 6.06. The van der Waals surface area contributed by atoms with Gasteiger partial charge < -0.3 is 10.6 Å². The molecule has 0 bridgehead atoms. The van der Waals surface area contributed by atoms with E-state index in [2.05, 4.69) is 42.8 Å². The van der Waals surface area contributed by atoms with Crippen LogP contribution in [0.1, 0.15) is 29.5 Å². The van der Waals surface area contributed by atoms with Gasteiger partial charge in [-0.25, -0.2) is 4.99 Å². The second-order valence-corrected chi connectivity index (χ2v) is 4.91. The van der Waals surface area contributed by atoms with Crippen LogP contribution in [0.3, 0.4) is 0 Å². The summed E-state index contributed by atoms with van der Waals surface area (Å²) in [5.41, 5.74) is 10.8. The predicted octanol–water partition coefficient (Wildman–Crippen LogP) is 2.65. The number of guanidine groups is 1. The van der Waals surface area contributed by atoms with Gasteiger partial charge in [0.2, 0.25) is 0 Å².